The highest BCUT2D eigenvalue weighted by atomic mass is 19.1. The zero-order chi connectivity index (χ0) is 16.2. The summed E-state index contributed by atoms with van der Waals surface area (Å²) in [6.07, 6.45) is 3.66. The van der Waals surface area contributed by atoms with E-state index in [1.807, 2.05) is 11.0 Å². The quantitative estimate of drug-likeness (QED) is 0.946. The minimum Gasteiger partial charge on any atom is -0.342 e. The Balaban J connectivity index is 1.75. The Morgan fingerprint density at radius 2 is 2.26 bits per heavy atom. The molecule has 1 saturated heterocycles. The molecule has 2 aromatic rings. The molecule has 3 rings (SSSR count). The van der Waals surface area contributed by atoms with Crippen LogP contribution in [-0.2, 0) is 4.79 Å². The van der Waals surface area contributed by atoms with Crippen molar-refractivity contribution in [2.45, 2.75) is 25.7 Å². The summed E-state index contributed by atoms with van der Waals surface area (Å²) in [4.78, 5) is 22.1. The maximum absolute atomic E-state index is 13.2. The molecule has 1 N–H and O–H groups in total. The van der Waals surface area contributed by atoms with Gasteiger partial charge in [-0.3, -0.25) is 4.79 Å². The maximum atomic E-state index is 13.2. The Hall–Kier alpha value is -2.50. The molecule has 0 unspecified atom stereocenters. The standard InChI is InChI=1S/C17H19FN4O/c1-12(23)22-9-3-4-13(11-22)16-7-8-19-17(21-16)20-15-6-2-5-14(18)10-15/h2,5-8,10,13H,3-4,9,11H2,1H3,(H,19,20,21)/t13-/m0/s1. The van der Waals surface area contributed by atoms with E-state index in [-0.39, 0.29) is 17.6 Å². The number of carbonyl (C=O) groups excluding carboxylic acids is 1. The van der Waals surface area contributed by atoms with Crippen molar-refractivity contribution in [2.75, 3.05) is 18.4 Å². The van der Waals surface area contributed by atoms with Crippen molar-refractivity contribution in [1.29, 1.82) is 0 Å². The number of anilines is 2. The molecule has 5 nitrogen and oxygen atoms in total. The van der Waals surface area contributed by atoms with Gasteiger partial charge in [-0.1, -0.05) is 6.07 Å². The molecule has 1 aliphatic heterocycles. The molecule has 2 heterocycles. The molecular weight excluding hydrogens is 295 g/mol. The van der Waals surface area contributed by atoms with Gasteiger partial charge in [-0.15, -0.1) is 0 Å². The van der Waals surface area contributed by atoms with Crippen LogP contribution in [0.3, 0.4) is 0 Å². The number of hydrogen-bond donors (Lipinski definition) is 1. The highest BCUT2D eigenvalue weighted by Crippen LogP contribution is 2.26. The molecule has 6 heteroatoms. The van der Waals surface area contributed by atoms with Crippen LogP contribution in [-0.4, -0.2) is 33.9 Å². The van der Waals surface area contributed by atoms with Crippen LogP contribution in [0.15, 0.2) is 36.5 Å². The third-order valence-corrected chi connectivity index (χ3v) is 4.04. The van der Waals surface area contributed by atoms with Crippen molar-refractivity contribution in [1.82, 2.24) is 14.9 Å². The number of benzene rings is 1. The van der Waals surface area contributed by atoms with Gasteiger partial charge in [0.25, 0.3) is 0 Å². The van der Waals surface area contributed by atoms with Gasteiger partial charge in [-0.05, 0) is 37.1 Å². The number of piperidine rings is 1. The van der Waals surface area contributed by atoms with E-state index in [2.05, 4.69) is 15.3 Å². The largest absolute Gasteiger partial charge is 0.342 e. The topological polar surface area (TPSA) is 58.1 Å². The van der Waals surface area contributed by atoms with Gasteiger partial charge in [-0.2, -0.15) is 0 Å². The predicted octanol–water partition coefficient (Wildman–Crippen LogP) is 3.09. The fourth-order valence-corrected chi connectivity index (χ4v) is 2.86. The fourth-order valence-electron chi connectivity index (χ4n) is 2.86. The summed E-state index contributed by atoms with van der Waals surface area (Å²) in [6, 6.07) is 8.06. The van der Waals surface area contributed by atoms with Crippen molar-refractivity contribution in [3.05, 3.63) is 48.0 Å². The summed E-state index contributed by atoms with van der Waals surface area (Å²) in [5.74, 6) is 0.439. The molecule has 0 bridgehead atoms. The Bertz CT molecular complexity index is 706. The smallest absolute Gasteiger partial charge is 0.227 e. The molecular formula is C17H19FN4O. The average Bonchev–Trinajstić information content (AvgIpc) is 2.55. The van der Waals surface area contributed by atoms with E-state index < -0.39 is 0 Å². The second-order valence-electron chi connectivity index (χ2n) is 5.74. The van der Waals surface area contributed by atoms with E-state index in [4.69, 9.17) is 0 Å². The van der Waals surface area contributed by atoms with Crippen molar-refractivity contribution >= 4 is 17.5 Å². The highest BCUT2D eigenvalue weighted by Gasteiger charge is 2.24. The molecule has 1 aromatic carbocycles. The Morgan fingerprint density at radius 1 is 1.39 bits per heavy atom. The summed E-state index contributed by atoms with van der Waals surface area (Å²) in [6.45, 7) is 3.09. The minimum absolute atomic E-state index is 0.0989. The van der Waals surface area contributed by atoms with Crippen LogP contribution in [0.1, 0.15) is 31.4 Å². The summed E-state index contributed by atoms with van der Waals surface area (Å²) in [5.41, 5.74) is 1.51. The summed E-state index contributed by atoms with van der Waals surface area (Å²) in [7, 11) is 0. The number of rotatable bonds is 3. The molecule has 1 aliphatic rings. The van der Waals surface area contributed by atoms with Crippen LogP contribution in [0.5, 0.6) is 0 Å². The number of amides is 1. The Morgan fingerprint density at radius 3 is 3.04 bits per heavy atom. The first-order valence-electron chi connectivity index (χ1n) is 7.73. The lowest BCUT2D eigenvalue weighted by Crippen LogP contribution is -2.37. The molecule has 0 saturated carbocycles. The van der Waals surface area contributed by atoms with E-state index in [1.165, 1.54) is 12.1 Å². The number of halogens is 1. The van der Waals surface area contributed by atoms with Crippen LogP contribution >= 0.6 is 0 Å². The van der Waals surface area contributed by atoms with Gasteiger partial charge in [-0.25, -0.2) is 14.4 Å². The highest BCUT2D eigenvalue weighted by molar-refractivity contribution is 5.73. The molecule has 1 atom stereocenters. The molecule has 120 valence electrons. The number of nitrogens with zero attached hydrogens (tertiary/aromatic N) is 3. The van der Waals surface area contributed by atoms with Gasteiger partial charge in [0.15, 0.2) is 0 Å². The van der Waals surface area contributed by atoms with Gasteiger partial charge in [0.1, 0.15) is 5.82 Å². The lowest BCUT2D eigenvalue weighted by atomic mass is 9.94. The number of nitrogens with one attached hydrogen (secondary N) is 1. The van der Waals surface area contributed by atoms with Crippen LogP contribution in [0.25, 0.3) is 0 Å². The first-order chi connectivity index (χ1) is 11.1. The van der Waals surface area contributed by atoms with Crippen molar-refractivity contribution in [3.63, 3.8) is 0 Å². The van der Waals surface area contributed by atoms with Gasteiger partial charge in [0.05, 0.1) is 5.69 Å². The Labute approximate surface area is 134 Å². The third kappa shape index (κ3) is 3.83. The second-order valence-corrected chi connectivity index (χ2v) is 5.74. The molecule has 1 fully saturated rings. The van der Waals surface area contributed by atoms with Crippen LogP contribution in [0, 0.1) is 5.82 Å². The van der Waals surface area contributed by atoms with E-state index in [0.29, 0.717) is 18.2 Å². The van der Waals surface area contributed by atoms with Gasteiger partial charge in [0.2, 0.25) is 11.9 Å². The van der Waals surface area contributed by atoms with Gasteiger partial charge in [0, 0.05) is 37.8 Å². The van der Waals surface area contributed by atoms with Crippen LogP contribution < -0.4 is 5.32 Å². The lowest BCUT2D eigenvalue weighted by Gasteiger charge is -2.31. The fraction of sp³-hybridized carbons (Fsp3) is 0.353. The zero-order valence-electron chi connectivity index (χ0n) is 13.0. The first-order valence-corrected chi connectivity index (χ1v) is 7.73. The van der Waals surface area contributed by atoms with Crippen molar-refractivity contribution in [3.8, 4) is 0 Å². The third-order valence-electron chi connectivity index (χ3n) is 4.04. The SMILES string of the molecule is CC(=O)N1CCC[C@H](c2ccnc(Nc3cccc(F)c3)n2)C1. The average molecular weight is 314 g/mol. The summed E-state index contributed by atoms with van der Waals surface area (Å²) >= 11 is 0. The molecule has 23 heavy (non-hydrogen) atoms. The molecule has 1 aromatic heterocycles. The minimum atomic E-state index is -0.310. The normalized spacial score (nSPS) is 17.8. The molecule has 0 aliphatic carbocycles. The second kappa shape index (κ2) is 6.73. The molecule has 0 radical (unpaired) electrons. The number of hydrogen-bond acceptors (Lipinski definition) is 4. The maximum Gasteiger partial charge on any atom is 0.227 e. The number of carbonyl (C=O) groups is 1. The number of likely N-dealkylation sites (tertiary alicyclic amines) is 1. The predicted molar refractivity (Wildman–Crippen MR) is 85.9 cm³/mol. The zero-order valence-corrected chi connectivity index (χ0v) is 13.0. The molecule has 0 spiro atoms. The van der Waals surface area contributed by atoms with E-state index >= 15 is 0 Å². The summed E-state index contributed by atoms with van der Waals surface area (Å²) < 4.78 is 13.2. The lowest BCUT2D eigenvalue weighted by molar-refractivity contribution is -0.130. The number of aromatic nitrogens is 2. The van der Waals surface area contributed by atoms with E-state index in [9.17, 15) is 9.18 Å². The van der Waals surface area contributed by atoms with Gasteiger partial charge >= 0.3 is 0 Å². The van der Waals surface area contributed by atoms with Crippen molar-refractivity contribution in [2.24, 2.45) is 0 Å². The Kier molecular flexibility index (Phi) is 4.50. The van der Waals surface area contributed by atoms with Gasteiger partial charge < -0.3 is 10.2 Å². The van der Waals surface area contributed by atoms with E-state index in [1.54, 1.807) is 25.3 Å². The van der Waals surface area contributed by atoms with Crippen LogP contribution in [0.4, 0.5) is 16.0 Å². The monoisotopic (exact) mass is 314 g/mol. The summed E-state index contributed by atoms with van der Waals surface area (Å²) in [5, 5.41) is 3.02. The van der Waals surface area contributed by atoms with Crippen LogP contribution in [0.2, 0.25) is 0 Å². The van der Waals surface area contributed by atoms with E-state index in [0.717, 1.165) is 25.1 Å². The van der Waals surface area contributed by atoms with Crippen molar-refractivity contribution < 1.29 is 9.18 Å². The first kappa shape index (κ1) is 15.4. The molecule has 1 amide bonds.